The highest BCUT2D eigenvalue weighted by atomic mass is 16.5. The van der Waals surface area contributed by atoms with Crippen LogP contribution in [0.15, 0.2) is 42.5 Å². The molecule has 2 rings (SSSR count). The molecule has 0 aromatic heterocycles. The van der Waals surface area contributed by atoms with Gasteiger partial charge in [0.05, 0.1) is 0 Å². The standard InChI is InChI=1S/C19H22N2O3/c1-12-7-5-10-18(13(12)2)24-14(3)19(23)21-17-9-6-8-16(11-17)20-15(4)22/h5-11,14H,1-4H3,(H,20,22)(H,21,23)/t14-/m1/s1. The largest absolute Gasteiger partial charge is 0.481 e. The lowest BCUT2D eigenvalue weighted by Gasteiger charge is -2.17. The van der Waals surface area contributed by atoms with E-state index < -0.39 is 6.10 Å². The van der Waals surface area contributed by atoms with Gasteiger partial charge in [-0.15, -0.1) is 0 Å². The fourth-order valence-corrected chi connectivity index (χ4v) is 2.22. The molecule has 0 saturated heterocycles. The molecular formula is C19H22N2O3. The SMILES string of the molecule is CC(=O)Nc1cccc(NC(=O)[C@@H](C)Oc2cccc(C)c2C)c1. The molecule has 2 aromatic carbocycles. The van der Waals surface area contributed by atoms with Crippen LogP contribution in [-0.4, -0.2) is 17.9 Å². The zero-order chi connectivity index (χ0) is 17.7. The second-order valence-corrected chi connectivity index (χ2v) is 5.71. The number of ether oxygens (including phenoxy) is 1. The molecule has 0 unspecified atom stereocenters. The molecule has 2 N–H and O–H groups in total. The van der Waals surface area contributed by atoms with Crippen molar-refractivity contribution >= 4 is 23.2 Å². The van der Waals surface area contributed by atoms with Crippen molar-refractivity contribution in [2.45, 2.75) is 33.8 Å². The number of rotatable bonds is 5. The molecule has 1 atom stereocenters. The second-order valence-electron chi connectivity index (χ2n) is 5.71. The molecule has 2 aromatic rings. The minimum absolute atomic E-state index is 0.162. The summed E-state index contributed by atoms with van der Waals surface area (Å²) in [4.78, 5) is 23.4. The molecular weight excluding hydrogens is 304 g/mol. The smallest absolute Gasteiger partial charge is 0.265 e. The first-order chi connectivity index (χ1) is 11.4. The van der Waals surface area contributed by atoms with Gasteiger partial charge in [0.1, 0.15) is 5.75 Å². The Morgan fingerprint density at radius 2 is 1.62 bits per heavy atom. The summed E-state index contributed by atoms with van der Waals surface area (Å²) in [5, 5.41) is 5.47. The average molecular weight is 326 g/mol. The van der Waals surface area contributed by atoms with E-state index in [-0.39, 0.29) is 11.8 Å². The lowest BCUT2D eigenvalue weighted by atomic mass is 10.1. The molecule has 126 valence electrons. The van der Waals surface area contributed by atoms with E-state index in [0.29, 0.717) is 17.1 Å². The van der Waals surface area contributed by atoms with Crippen LogP contribution in [0.3, 0.4) is 0 Å². The molecule has 24 heavy (non-hydrogen) atoms. The van der Waals surface area contributed by atoms with Gasteiger partial charge in [-0.3, -0.25) is 9.59 Å². The number of carbonyl (C=O) groups is 2. The van der Waals surface area contributed by atoms with Gasteiger partial charge in [-0.05, 0) is 56.2 Å². The second kappa shape index (κ2) is 7.64. The highest BCUT2D eigenvalue weighted by Gasteiger charge is 2.16. The molecule has 0 radical (unpaired) electrons. The van der Waals surface area contributed by atoms with E-state index in [0.717, 1.165) is 11.1 Å². The summed E-state index contributed by atoms with van der Waals surface area (Å²) in [5.41, 5.74) is 3.36. The number of carbonyl (C=O) groups excluding carboxylic acids is 2. The van der Waals surface area contributed by atoms with E-state index in [1.807, 2.05) is 32.0 Å². The van der Waals surface area contributed by atoms with Gasteiger partial charge >= 0.3 is 0 Å². The van der Waals surface area contributed by atoms with Gasteiger partial charge in [-0.25, -0.2) is 0 Å². The Labute approximate surface area is 142 Å². The van der Waals surface area contributed by atoms with Crippen molar-refractivity contribution in [1.82, 2.24) is 0 Å². The molecule has 0 fully saturated rings. The summed E-state index contributed by atoms with van der Waals surface area (Å²) < 4.78 is 5.77. The van der Waals surface area contributed by atoms with Gasteiger partial charge in [0, 0.05) is 18.3 Å². The molecule has 5 nitrogen and oxygen atoms in total. The molecule has 5 heteroatoms. The van der Waals surface area contributed by atoms with Crippen LogP contribution in [0.25, 0.3) is 0 Å². The Kier molecular flexibility index (Phi) is 5.58. The predicted molar refractivity (Wildman–Crippen MR) is 95.4 cm³/mol. The van der Waals surface area contributed by atoms with E-state index in [1.165, 1.54) is 6.92 Å². The van der Waals surface area contributed by atoms with Crippen LogP contribution >= 0.6 is 0 Å². The van der Waals surface area contributed by atoms with Crippen molar-refractivity contribution < 1.29 is 14.3 Å². The summed E-state index contributed by atoms with van der Waals surface area (Å²) in [7, 11) is 0. The predicted octanol–water partition coefficient (Wildman–Crippen LogP) is 3.67. The van der Waals surface area contributed by atoms with Crippen molar-refractivity contribution in [3.05, 3.63) is 53.6 Å². The quantitative estimate of drug-likeness (QED) is 0.881. The normalized spacial score (nSPS) is 11.5. The number of hydrogen-bond acceptors (Lipinski definition) is 3. The highest BCUT2D eigenvalue weighted by Crippen LogP contribution is 2.22. The van der Waals surface area contributed by atoms with Crippen LogP contribution in [0.4, 0.5) is 11.4 Å². The summed E-state index contributed by atoms with van der Waals surface area (Å²) >= 11 is 0. The summed E-state index contributed by atoms with van der Waals surface area (Å²) in [6.45, 7) is 7.10. The number of aryl methyl sites for hydroxylation is 1. The first-order valence-electron chi connectivity index (χ1n) is 7.78. The molecule has 0 bridgehead atoms. The van der Waals surface area contributed by atoms with Crippen molar-refractivity contribution in [3.8, 4) is 5.75 Å². The zero-order valence-corrected chi connectivity index (χ0v) is 14.3. The van der Waals surface area contributed by atoms with E-state index in [4.69, 9.17) is 4.74 Å². The molecule has 0 saturated carbocycles. The van der Waals surface area contributed by atoms with Gasteiger partial charge in [-0.2, -0.15) is 0 Å². The zero-order valence-electron chi connectivity index (χ0n) is 14.3. The van der Waals surface area contributed by atoms with Gasteiger partial charge < -0.3 is 15.4 Å². The lowest BCUT2D eigenvalue weighted by Crippen LogP contribution is -2.30. The van der Waals surface area contributed by atoms with E-state index in [9.17, 15) is 9.59 Å². The number of hydrogen-bond donors (Lipinski definition) is 2. The molecule has 0 heterocycles. The third-order valence-electron chi connectivity index (χ3n) is 3.68. The van der Waals surface area contributed by atoms with Crippen LogP contribution in [0, 0.1) is 13.8 Å². The van der Waals surface area contributed by atoms with E-state index in [1.54, 1.807) is 31.2 Å². The summed E-state index contributed by atoms with van der Waals surface area (Å²) in [6, 6.07) is 12.7. The minimum Gasteiger partial charge on any atom is -0.481 e. The number of amides is 2. The maximum atomic E-state index is 12.3. The first kappa shape index (κ1) is 17.5. The third-order valence-corrected chi connectivity index (χ3v) is 3.68. The lowest BCUT2D eigenvalue weighted by molar-refractivity contribution is -0.122. The van der Waals surface area contributed by atoms with E-state index in [2.05, 4.69) is 10.6 Å². The molecule has 2 amide bonds. The van der Waals surface area contributed by atoms with Gasteiger partial charge in [0.2, 0.25) is 5.91 Å². The van der Waals surface area contributed by atoms with Crippen molar-refractivity contribution in [1.29, 1.82) is 0 Å². The van der Waals surface area contributed by atoms with Crippen molar-refractivity contribution in [2.75, 3.05) is 10.6 Å². The van der Waals surface area contributed by atoms with E-state index >= 15 is 0 Å². The Hall–Kier alpha value is -2.82. The monoisotopic (exact) mass is 326 g/mol. The minimum atomic E-state index is -0.644. The van der Waals surface area contributed by atoms with Crippen molar-refractivity contribution in [3.63, 3.8) is 0 Å². The van der Waals surface area contributed by atoms with Crippen molar-refractivity contribution in [2.24, 2.45) is 0 Å². The van der Waals surface area contributed by atoms with Crippen LogP contribution in [0.1, 0.15) is 25.0 Å². The van der Waals surface area contributed by atoms with Crippen LogP contribution in [0.5, 0.6) is 5.75 Å². The molecule has 0 spiro atoms. The van der Waals surface area contributed by atoms with Gasteiger partial charge in [0.25, 0.3) is 5.91 Å². The van der Waals surface area contributed by atoms with Crippen LogP contribution in [0.2, 0.25) is 0 Å². The fourth-order valence-electron chi connectivity index (χ4n) is 2.22. The maximum absolute atomic E-state index is 12.3. The fraction of sp³-hybridized carbons (Fsp3) is 0.263. The highest BCUT2D eigenvalue weighted by molar-refractivity contribution is 5.95. The first-order valence-corrected chi connectivity index (χ1v) is 7.78. The van der Waals surface area contributed by atoms with Crippen LogP contribution < -0.4 is 15.4 Å². The molecule has 0 aliphatic heterocycles. The summed E-state index contributed by atoms with van der Waals surface area (Å²) in [6.07, 6.45) is -0.644. The Morgan fingerprint density at radius 3 is 2.29 bits per heavy atom. The van der Waals surface area contributed by atoms with Crippen LogP contribution in [-0.2, 0) is 9.59 Å². The van der Waals surface area contributed by atoms with Gasteiger partial charge in [0.15, 0.2) is 6.10 Å². The Balaban J connectivity index is 2.04. The third kappa shape index (κ3) is 4.59. The average Bonchev–Trinajstić information content (AvgIpc) is 2.51. The Bertz CT molecular complexity index is 756. The number of anilines is 2. The Morgan fingerprint density at radius 1 is 1.00 bits per heavy atom. The summed E-state index contributed by atoms with van der Waals surface area (Å²) in [5.74, 6) is 0.283. The van der Waals surface area contributed by atoms with Gasteiger partial charge in [-0.1, -0.05) is 18.2 Å². The number of nitrogens with one attached hydrogen (secondary N) is 2. The topological polar surface area (TPSA) is 67.4 Å². The molecule has 0 aliphatic rings. The number of benzene rings is 2. The maximum Gasteiger partial charge on any atom is 0.265 e. The molecule has 0 aliphatic carbocycles.